The van der Waals surface area contributed by atoms with Crippen LogP contribution in [0.1, 0.15) is 40.0 Å². The molecule has 7 heteroatoms. The Labute approximate surface area is 129 Å². The van der Waals surface area contributed by atoms with E-state index >= 15 is 0 Å². The van der Waals surface area contributed by atoms with Crippen LogP contribution in [0.4, 0.5) is 0 Å². The van der Waals surface area contributed by atoms with Crippen molar-refractivity contribution in [3.05, 3.63) is 0 Å². The highest BCUT2D eigenvalue weighted by atomic mass is 32.2. The number of sulfone groups is 1. The summed E-state index contributed by atoms with van der Waals surface area (Å²) in [5, 5.41) is 15.2. The molecule has 0 aromatic rings. The summed E-state index contributed by atoms with van der Waals surface area (Å²) in [6.45, 7) is 7.65. The van der Waals surface area contributed by atoms with E-state index in [9.17, 15) is 8.42 Å². The van der Waals surface area contributed by atoms with Gasteiger partial charge in [0.1, 0.15) is 0 Å². The predicted octanol–water partition coefficient (Wildman–Crippen LogP) is 0.775. The Kier molecular flexibility index (Phi) is 11.3. The number of guanidine groups is 1. The SMILES string of the molecule is CCCC(CCO)CN=C(NCC)NCCS(=O)(=O)CC. The smallest absolute Gasteiger partial charge is 0.191 e. The first kappa shape index (κ1) is 20.2. The molecule has 3 N–H and O–H groups in total. The second-order valence-electron chi connectivity index (χ2n) is 5.05. The molecule has 0 aliphatic heterocycles. The molecule has 0 aromatic heterocycles. The van der Waals surface area contributed by atoms with Gasteiger partial charge in [-0.15, -0.1) is 0 Å². The minimum Gasteiger partial charge on any atom is -0.396 e. The van der Waals surface area contributed by atoms with Gasteiger partial charge in [-0.2, -0.15) is 0 Å². The first-order valence-corrected chi connectivity index (χ1v) is 9.64. The van der Waals surface area contributed by atoms with E-state index in [1.807, 2.05) is 6.92 Å². The van der Waals surface area contributed by atoms with Crippen molar-refractivity contribution in [2.75, 3.05) is 37.7 Å². The Morgan fingerprint density at radius 1 is 1.19 bits per heavy atom. The minimum atomic E-state index is -2.96. The molecule has 1 atom stereocenters. The topological polar surface area (TPSA) is 90.8 Å². The van der Waals surface area contributed by atoms with E-state index in [0.29, 0.717) is 25.0 Å². The number of aliphatic hydroxyl groups is 1. The second kappa shape index (κ2) is 11.8. The van der Waals surface area contributed by atoms with Crippen LogP contribution in [0.3, 0.4) is 0 Å². The lowest BCUT2D eigenvalue weighted by molar-refractivity contribution is 0.253. The van der Waals surface area contributed by atoms with Crippen LogP contribution in [-0.4, -0.2) is 57.2 Å². The van der Waals surface area contributed by atoms with Gasteiger partial charge in [0.2, 0.25) is 0 Å². The number of hydrogen-bond donors (Lipinski definition) is 3. The average molecular weight is 321 g/mol. The average Bonchev–Trinajstić information content (AvgIpc) is 2.45. The molecule has 0 saturated carbocycles. The van der Waals surface area contributed by atoms with Crippen molar-refractivity contribution in [1.29, 1.82) is 0 Å². The lowest BCUT2D eigenvalue weighted by atomic mass is 10.0. The monoisotopic (exact) mass is 321 g/mol. The van der Waals surface area contributed by atoms with Crippen molar-refractivity contribution in [3.8, 4) is 0 Å². The summed E-state index contributed by atoms with van der Waals surface area (Å²) in [6, 6.07) is 0. The third kappa shape index (κ3) is 10.5. The Bertz CT molecular complexity index is 377. The van der Waals surface area contributed by atoms with Crippen LogP contribution in [0.15, 0.2) is 4.99 Å². The summed E-state index contributed by atoms with van der Waals surface area (Å²) in [5.41, 5.74) is 0. The molecule has 21 heavy (non-hydrogen) atoms. The van der Waals surface area contributed by atoms with E-state index in [0.717, 1.165) is 25.8 Å². The van der Waals surface area contributed by atoms with Crippen molar-refractivity contribution in [2.45, 2.75) is 40.0 Å². The van der Waals surface area contributed by atoms with Crippen molar-refractivity contribution in [3.63, 3.8) is 0 Å². The van der Waals surface area contributed by atoms with Gasteiger partial charge in [0.25, 0.3) is 0 Å². The zero-order valence-electron chi connectivity index (χ0n) is 13.6. The van der Waals surface area contributed by atoms with Crippen LogP contribution in [0.5, 0.6) is 0 Å². The summed E-state index contributed by atoms with van der Waals surface area (Å²) < 4.78 is 22.9. The number of hydrogen-bond acceptors (Lipinski definition) is 4. The van der Waals surface area contributed by atoms with E-state index in [1.165, 1.54) is 0 Å². The van der Waals surface area contributed by atoms with Gasteiger partial charge >= 0.3 is 0 Å². The Morgan fingerprint density at radius 2 is 1.90 bits per heavy atom. The molecule has 0 bridgehead atoms. The lowest BCUT2D eigenvalue weighted by Gasteiger charge is -2.15. The summed E-state index contributed by atoms with van der Waals surface area (Å²) in [5.74, 6) is 1.29. The third-order valence-electron chi connectivity index (χ3n) is 3.23. The maximum absolute atomic E-state index is 11.4. The maximum Gasteiger partial charge on any atom is 0.191 e. The number of aliphatic imine (C=N–C) groups is 1. The molecule has 0 aliphatic carbocycles. The van der Waals surface area contributed by atoms with Gasteiger partial charge in [-0.1, -0.05) is 20.3 Å². The van der Waals surface area contributed by atoms with E-state index in [-0.39, 0.29) is 18.1 Å². The van der Waals surface area contributed by atoms with Gasteiger partial charge in [-0.25, -0.2) is 8.42 Å². The van der Waals surface area contributed by atoms with E-state index < -0.39 is 9.84 Å². The van der Waals surface area contributed by atoms with Crippen molar-refractivity contribution >= 4 is 15.8 Å². The quantitative estimate of drug-likeness (QED) is 0.386. The highest BCUT2D eigenvalue weighted by molar-refractivity contribution is 7.91. The first-order valence-electron chi connectivity index (χ1n) is 7.82. The fourth-order valence-corrected chi connectivity index (χ4v) is 2.65. The highest BCUT2D eigenvalue weighted by Gasteiger charge is 2.09. The van der Waals surface area contributed by atoms with Gasteiger partial charge in [0.05, 0.1) is 5.75 Å². The fourth-order valence-electron chi connectivity index (χ4n) is 1.95. The van der Waals surface area contributed by atoms with Crippen LogP contribution in [0.2, 0.25) is 0 Å². The van der Waals surface area contributed by atoms with E-state index in [2.05, 4.69) is 22.5 Å². The van der Waals surface area contributed by atoms with Crippen molar-refractivity contribution < 1.29 is 13.5 Å². The van der Waals surface area contributed by atoms with Crippen LogP contribution in [-0.2, 0) is 9.84 Å². The molecule has 0 radical (unpaired) electrons. The first-order chi connectivity index (χ1) is 9.99. The van der Waals surface area contributed by atoms with Crippen molar-refractivity contribution in [2.24, 2.45) is 10.9 Å². The molecule has 1 unspecified atom stereocenters. The molecule has 0 aromatic carbocycles. The number of nitrogens with one attached hydrogen (secondary N) is 2. The number of nitrogens with zero attached hydrogens (tertiary/aromatic N) is 1. The second-order valence-corrected chi connectivity index (χ2v) is 7.52. The van der Waals surface area contributed by atoms with Gasteiger partial charge in [0.15, 0.2) is 15.8 Å². The van der Waals surface area contributed by atoms with Crippen LogP contribution >= 0.6 is 0 Å². The molecule has 6 nitrogen and oxygen atoms in total. The molecular formula is C14H31N3O3S. The zero-order valence-corrected chi connectivity index (χ0v) is 14.4. The fraction of sp³-hybridized carbons (Fsp3) is 0.929. The summed E-state index contributed by atoms with van der Waals surface area (Å²) in [6.07, 6.45) is 2.85. The molecule has 0 aliphatic rings. The Morgan fingerprint density at radius 3 is 2.43 bits per heavy atom. The van der Waals surface area contributed by atoms with Gasteiger partial charge in [-0.05, 0) is 25.7 Å². The lowest BCUT2D eigenvalue weighted by Crippen LogP contribution is -2.40. The zero-order chi connectivity index (χ0) is 16.1. The molecule has 0 heterocycles. The summed E-state index contributed by atoms with van der Waals surface area (Å²) in [7, 11) is -2.96. The van der Waals surface area contributed by atoms with E-state index in [1.54, 1.807) is 6.92 Å². The molecular weight excluding hydrogens is 290 g/mol. The molecule has 126 valence electrons. The Balaban J connectivity index is 4.40. The largest absolute Gasteiger partial charge is 0.396 e. The van der Waals surface area contributed by atoms with E-state index in [4.69, 9.17) is 5.11 Å². The highest BCUT2D eigenvalue weighted by Crippen LogP contribution is 2.10. The molecule has 0 fully saturated rings. The van der Waals surface area contributed by atoms with Crippen LogP contribution in [0.25, 0.3) is 0 Å². The predicted molar refractivity (Wildman–Crippen MR) is 88.4 cm³/mol. The van der Waals surface area contributed by atoms with Crippen LogP contribution < -0.4 is 10.6 Å². The molecule has 0 saturated heterocycles. The summed E-state index contributed by atoms with van der Waals surface area (Å²) in [4.78, 5) is 4.48. The van der Waals surface area contributed by atoms with Crippen LogP contribution in [0, 0.1) is 5.92 Å². The standard InChI is InChI=1S/C14H31N3O3S/c1-4-7-13(8-10-18)12-17-14(15-5-2)16-9-11-21(19,20)6-3/h13,18H,4-12H2,1-3H3,(H2,15,16,17). The number of rotatable bonds is 11. The third-order valence-corrected chi connectivity index (χ3v) is 4.94. The normalized spacial score (nSPS) is 14.0. The Hall–Kier alpha value is -0.820. The summed E-state index contributed by atoms with van der Waals surface area (Å²) >= 11 is 0. The van der Waals surface area contributed by atoms with Crippen molar-refractivity contribution in [1.82, 2.24) is 10.6 Å². The molecule has 0 spiro atoms. The number of aliphatic hydroxyl groups excluding tert-OH is 1. The molecule has 0 rings (SSSR count). The maximum atomic E-state index is 11.4. The van der Waals surface area contributed by atoms with Gasteiger partial charge in [0, 0.05) is 32.0 Å². The molecule has 0 amide bonds. The van der Waals surface area contributed by atoms with Gasteiger partial charge in [-0.3, -0.25) is 4.99 Å². The minimum absolute atomic E-state index is 0.114. The van der Waals surface area contributed by atoms with Gasteiger partial charge < -0.3 is 15.7 Å².